The van der Waals surface area contributed by atoms with Crippen LogP contribution >= 0.6 is 0 Å². The van der Waals surface area contributed by atoms with Crippen LogP contribution in [0.4, 0.5) is 13.2 Å². The summed E-state index contributed by atoms with van der Waals surface area (Å²) < 4.78 is 67.0. The lowest BCUT2D eigenvalue weighted by atomic mass is 9.89. The van der Waals surface area contributed by atoms with E-state index in [0.717, 1.165) is 23.3 Å². The van der Waals surface area contributed by atoms with Gasteiger partial charge in [-0.05, 0) is 29.7 Å². The van der Waals surface area contributed by atoms with Gasteiger partial charge in [-0.15, -0.1) is 0 Å². The highest BCUT2D eigenvalue weighted by Gasteiger charge is 2.36. The van der Waals surface area contributed by atoms with Gasteiger partial charge in [0.05, 0.1) is 10.5 Å². The molecule has 0 aliphatic rings. The molecule has 3 aromatic carbocycles. The Morgan fingerprint density at radius 1 is 0.759 bits per heavy atom. The van der Waals surface area contributed by atoms with E-state index in [4.69, 9.17) is 0 Å². The molecule has 29 heavy (non-hydrogen) atoms. The molecule has 0 unspecified atom stereocenters. The molecule has 0 radical (unpaired) electrons. The molecule has 0 aliphatic carbocycles. The van der Waals surface area contributed by atoms with Crippen LogP contribution in [0.1, 0.15) is 29.0 Å². The number of sulfonamides is 1. The number of nitrogens with one attached hydrogen (secondary N) is 1. The molecule has 0 heterocycles. The highest BCUT2D eigenvalue weighted by Crippen LogP contribution is 2.34. The maximum atomic E-state index is 13.2. The smallest absolute Gasteiger partial charge is 0.211 e. The molecule has 0 fully saturated rings. The largest absolute Gasteiger partial charge is 0.417 e. The first-order valence-corrected chi connectivity index (χ1v) is 10.5. The first-order chi connectivity index (χ1) is 13.8. The van der Waals surface area contributed by atoms with Crippen molar-refractivity contribution in [2.75, 3.05) is 6.54 Å². The minimum atomic E-state index is -4.75. The second kappa shape index (κ2) is 8.80. The van der Waals surface area contributed by atoms with Gasteiger partial charge in [-0.1, -0.05) is 72.8 Å². The van der Waals surface area contributed by atoms with Gasteiger partial charge in [-0.2, -0.15) is 13.2 Å². The zero-order chi connectivity index (χ0) is 20.9. The lowest BCUT2D eigenvalue weighted by molar-refractivity contribution is -0.139. The average Bonchev–Trinajstić information content (AvgIpc) is 2.72. The van der Waals surface area contributed by atoms with Crippen molar-refractivity contribution in [3.8, 4) is 0 Å². The maximum absolute atomic E-state index is 13.2. The molecule has 7 heteroatoms. The molecule has 0 saturated carbocycles. The quantitative estimate of drug-likeness (QED) is 0.572. The fraction of sp³-hybridized carbons (Fsp3) is 0.182. The van der Waals surface area contributed by atoms with Crippen molar-refractivity contribution in [2.24, 2.45) is 0 Å². The summed E-state index contributed by atoms with van der Waals surface area (Å²) in [7, 11) is -4.30. The topological polar surface area (TPSA) is 46.2 Å². The predicted molar refractivity (Wildman–Crippen MR) is 106 cm³/mol. The Morgan fingerprint density at radius 3 is 1.76 bits per heavy atom. The van der Waals surface area contributed by atoms with E-state index in [0.29, 0.717) is 6.42 Å². The Morgan fingerprint density at radius 2 is 1.24 bits per heavy atom. The van der Waals surface area contributed by atoms with Crippen LogP contribution < -0.4 is 4.72 Å². The summed E-state index contributed by atoms with van der Waals surface area (Å²) in [4.78, 5) is -0.761. The maximum Gasteiger partial charge on any atom is 0.417 e. The lowest BCUT2D eigenvalue weighted by Gasteiger charge is -2.19. The zero-order valence-electron chi connectivity index (χ0n) is 15.4. The number of alkyl halides is 3. The third-order valence-corrected chi connectivity index (χ3v) is 6.13. The highest BCUT2D eigenvalue weighted by atomic mass is 32.2. The summed E-state index contributed by atoms with van der Waals surface area (Å²) in [5, 5.41) is 0. The Kier molecular flexibility index (Phi) is 6.39. The minimum Gasteiger partial charge on any atom is -0.211 e. The lowest BCUT2D eigenvalue weighted by Crippen LogP contribution is -2.28. The SMILES string of the molecule is O=S(=O)(NCCC(c1ccccc1)c1ccccc1)c1ccccc1C(F)(F)F. The van der Waals surface area contributed by atoms with Crippen LogP contribution in [-0.4, -0.2) is 15.0 Å². The van der Waals surface area contributed by atoms with Crippen molar-refractivity contribution in [3.63, 3.8) is 0 Å². The van der Waals surface area contributed by atoms with E-state index in [9.17, 15) is 21.6 Å². The molecule has 0 atom stereocenters. The van der Waals surface area contributed by atoms with Crippen LogP contribution in [0, 0.1) is 0 Å². The molecule has 0 saturated heterocycles. The standard InChI is InChI=1S/C22H20F3NO2S/c23-22(24,25)20-13-7-8-14-21(20)29(27,28)26-16-15-19(17-9-3-1-4-10-17)18-11-5-2-6-12-18/h1-14,19,26H,15-16H2. The van der Waals surface area contributed by atoms with Gasteiger partial charge in [-0.25, -0.2) is 13.1 Å². The van der Waals surface area contributed by atoms with Gasteiger partial charge in [0, 0.05) is 12.5 Å². The number of hydrogen-bond donors (Lipinski definition) is 1. The van der Waals surface area contributed by atoms with E-state index in [1.807, 2.05) is 60.7 Å². The van der Waals surface area contributed by atoms with E-state index < -0.39 is 26.7 Å². The number of hydrogen-bond acceptors (Lipinski definition) is 2. The number of benzene rings is 3. The van der Waals surface area contributed by atoms with Gasteiger partial charge in [0.1, 0.15) is 0 Å². The molecule has 3 rings (SSSR count). The third kappa shape index (κ3) is 5.25. The summed E-state index contributed by atoms with van der Waals surface area (Å²) in [6.07, 6.45) is -4.34. The van der Waals surface area contributed by atoms with Crippen molar-refractivity contribution in [1.82, 2.24) is 4.72 Å². The van der Waals surface area contributed by atoms with Crippen molar-refractivity contribution in [3.05, 3.63) is 102 Å². The summed E-state index contributed by atoms with van der Waals surface area (Å²) in [5.74, 6) is -0.0852. The average molecular weight is 419 g/mol. The highest BCUT2D eigenvalue weighted by molar-refractivity contribution is 7.89. The third-order valence-electron chi connectivity index (χ3n) is 4.61. The summed E-state index contributed by atoms with van der Waals surface area (Å²) in [6, 6.07) is 23.4. The van der Waals surface area contributed by atoms with Crippen LogP contribution in [0.25, 0.3) is 0 Å². The van der Waals surface area contributed by atoms with E-state index in [1.165, 1.54) is 12.1 Å². The van der Waals surface area contributed by atoms with Crippen LogP contribution in [-0.2, 0) is 16.2 Å². The molecule has 0 aliphatic heterocycles. The molecule has 0 amide bonds. The molecular weight excluding hydrogens is 399 g/mol. The van der Waals surface area contributed by atoms with Gasteiger partial charge >= 0.3 is 6.18 Å². The molecule has 152 valence electrons. The van der Waals surface area contributed by atoms with Gasteiger partial charge in [0.25, 0.3) is 0 Å². The zero-order valence-corrected chi connectivity index (χ0v) is 16.2. The predicted octanol–water partition coefficient (Wildman–Crippen LogP) is 5.21. The second-order valence-corrected chi connectivity index (χ2v) is 8.29. The van der Waals surface area contributed by atoms with Gasteiger partial charge in [-0.3, -0.25) is 0 Å². The minimum absolute atomic E-state index is 0.00296. The molecule has 3 nitrogen and oxygen atoms in total. The van der Waals surface area contributed by atoms with Crippen molar-refractivity contribution < 1.29 is 21.6 Å². The normalized spacial score (nSPS) is 12.3. The molecule has 1 N–H and O–H groups in total. The fourth-order valence-corrected chi connectivity index (χ4v) is 4.52. The van der Waals surface area contributed by atoms with Crippen LogP contribution in [0.3, 0.4) is 0 Å². The van der Waals surface area contributed by atoms with Gasteiger partial charge < -0.3 is 0 Å². The van der Waals surface area contributed by atoms with Crippen LogP contribution in [0.5, 0.6) is 0 Å². The van der Waals surface area contributed by atoms with E-state index in [2.05, 4.69) is 4.72 Å². The first kappa shape index (κ1) is 21.1. The van der Waals surface area contributed by atoms with Crippen LogP contribution in [0.15, 0.2) is 89.8 Å². The first-order valence-electron chi connectivity index (χ1n) is 9.05. The number of rotatable bonds is 7. The van der Waals surface area contributed by atoms with E-state index in [1.54, 1.807) is 0 Å². The van der Waals surface area contributed by atoms with E-state index in [-0.39, 0.29) is 12.5 Å². The van der Waals surface area contributed by atoms with Crippen molar-refractivity contribution >= 4 is 10.0 Å². The Bertz CT molecular complexity index is 997. The molecular formula is C22H20F3NO2S. The van der Waals surface area contributed by atoms with Crippen LogP contribution in [0.2, 0.25) is 0 Å². The van der Waals surface area contributed by atoms with Gasteiger partial charge in [0.15, 0.2) is 0 Å². The molecule has 0 bridgehead atoms. The monoisotopic (exact) mass is 419 g/mol. The summed E-state index contributed by atoms with van der Waals surface area (Å²) >= 11 is 0. The molecule has 0 spiro atoms. The number of halogens is 3. The Labute approximate surface area is 168 Å². The second-order valence-electron chi connectivity index (χ2n) is 6.55. The summed E-state index contributed by atoms with van der Waals surface area (Å²) in [6.45, 7) is 0.00296. The molecule has 3 aromatic rings. The van der Waals surface area contributed by atoms with Crippen molar-refractivity contribution in [2.45, 2.75) is 23.4 Å². The Balaban J connectivity index is 1.80. The van der Waals surface area contributed by atoms with Gasteiger partial charge in [0.2, 0.25) is 10.0 Å². The van der Waals surface area contributed by atoms with Crippen molar-refractivity contribution in [1.29, 1.82) is 0 Å². The molecule has 0 aromatic heterocycles. The Hall–Kier alpha value is -2.64. The summed E-state index contributed by atoms with van der Waals surface area (Å²) in [5.41, 5.74) is 0.845. The van der Waals surface area contributed by atoms with E-state index >= 15 is 0 Å². The fourth-order valence-electron chi connectivity index (χ4n) is 3.25.